The summed E-state index contributed by atoms with van der Waals surface area (Å²) in [7, 11) is 0. The normalized spacial score (nSPS) is 13.8. The lowest BCUT2D eigenvalue weighted by Gasteiger charge is -2.07. The number of nitrogens with zero attached hydrogens (tertiary/aromatic N) is 1. The molecule has 0 bridgehead atoms. The molecular formula is C15H13F2N3O. The van der Waals surface area contributed by atoms with Gasteiger partial charge in [-0.25, -0.2) is 13.8 Å². The zero-order valence-electron chi connectivity index (χ0n) is 11.1. The molecule has 2 aromatic rings. The minimum Gasteiger partial charge on any atom is -0.381 e. The fraction of sp³-hybridized carbons (Fsp3) is 0.200. The Morgan fingerprint density at radius 3 is 2.62 bits per heavy atom. The van der Waals surface area contributed by atoms with E-state index in [-0.39, 0.29) is 11.4 Å². The van der Waals surface area contributed by atoms with Crippen LogP contribution in [0.3, 0.4) is 0 Å². The quantitative estimate of drug-likeness (QED) is 0.909. The van der Waals surface area contributed by atoms with E-state index in [1.807, 2.05) is 0 Å². The highest BCUT2D eigenvalue weighted by atomic mass is 19.1. The van der Waals surface area contributed by atoms with Crippen molar-refractivity contribution in [3.63, 3.8) is 0 Å². The van der Waals surface area contributed by atoms with Crippen LogP contribution in [-0.4, -0.2) is 16.9 Å². The van der Waals surface area contributed by atoms with Gasteiger partial charge in [-0.2, -0.15) is 0 Å². The van der Waals surface area contributed by atoms with Crippen LogP contribution in [0.4, 0.5) is 20.2 Å². The molecule has 0 unspecified atom stereocenters. The minimum absolute atomic E-state index is 0.0802. The van der Waals surface area contributed by atoms with Gasteiger partial charge < -0.3 is 10.6 Å². The van der Waals surface area contributed by atoms with E-state index in [4.69, 9.17) is 0 Å². The van der Waals surface area contributed by atoms with Gasteiger partial charge in [-0.1, -0.05) is 0 Å². The van der Waals surface area contributed by atoms with Gasteiger partial charge in [0.05, 0.1) is 17.6 Å². The first-order valence-corrected chi connectivity index (χ1v) is 6.61. The van der Waals surface area contributed by atoms with Crippen LogP contribution in [0.2, 0.25) is 0 Å². The van der Waals surface area contributed by atoms with E-state index >= 15 is 0 Å². The summed E-state index contributed by atoms with van der Waals surface area (Å²) in [5, 5.41) is 5.61. The maximum absolute atomic E-state index is 13.5. The number of rotatable bonds is 4. The summed E-state index contributed by atoms with van der Waals surface area (Å²) in [4.78, 5) is 16.0. The van der Waals surface area contributed by atoms with Gasteiger partial charge in [0.2, 0.25) is 0 Å². The van der Waals surface area contributed by atoms with Crippen LogP contribution in [0.25, 0.3) is 0 Å². The van der Waals surface area contributed by atoms with Gasteiger partial charge in [0, 0.05) is 12.1 Å². The molecule has 4 nitrogen and oxygen atoms in total. The Morgan fingerprint density at radius 1 is 1.19 bits per heavy atom. The molecule has 0 spiro atoms. The van der Waals surface area contributed by atoms with Crippen LogP contribution in [0.1, 0.15) is 23.3 Å². The SMILES string of the molecule is O=C(Nc1ccc(F)cc1F)c1ccc(NC2CC2)cn1. The highest BCUT2D eigenvalue weighted by Gasteiger charge is 2.21. The predicted molar refractivity (Wildman–Crippen MR) is 75.2 cm³/mol. The van der Waals surface area contributed by atoms with Crippen LogP contribution in [-0.2, 0) is 0 Å². The van der Waals surface area contributed by atoms with Crippen molar-refractivity contribution >= 4 is 17.3 Å². The lowest BCUT2D eigenvalue weighted by Crippen LogP contribution is -2.15. The second-order valence-corrected chi connectivity index (χ2v) is 4.93. The molecule has 1 fully saturated rings. The number of benzene rings is 1. The van der Waals surface area contributed by atoms with Gasteiger partial charge in [-0.3, -0.25) is 4.79 Å². The number of amides is 1. The molecule has 1 aliphatic carbocycles. The van der Waals surface area contributed by atoms with Gasteiger partial charge in [-0.05, 0) is 37.1 Å². The van der Waals surface area contributed by atoms with Crippen LogP contribution >= 0.6 is 0 Å². The lowest BCUT2D eigenvalue weighted by atomic mass is 10.2. The summed E-state index contributed by atoms with van der Waals surface area (Å²) in [5.74, 6) is -2.06. The van der Waals surface area contributed by atoms with Crippen molar-refractivity contribution in [1.82, 2.24) is 4.98 Å². The van der Waals surface area contributed by atoms with Crippen molar-refractivity contribution in [2.75, 3.05) is 10.6 Å². The van der Waals surface area contributed by atoms with Gasteiger partial charge >= 0.3 is 0 Å². The predicted octanol–water partition coefficient (Wildman–Crippen LogP) is 3.19. The molecule has 0 saturated heterocycles. The summed E-state index contributed by atoms with van der Waals surface area (Å²) < 4.78 is 26.2. The van der Waals surface area contributed by atoms with Gasteiger partial charge in [0.25, 0.3) is 5.91 Å². The van der Waals surface area contributed by atoms with Crippen molar-refractivity contribution in [1.29, 1.82) is 0 Å². The molecule has 1 aromatic heterocycles. The highest BCUT2D eigenvalue weighted by Crippen LogP contribution is 2.24. The molecule has 6 heteroatoms. The summed E-state index contributed by atoms with van der Waals surface area (Å²) in [5.41, 5.74) is 0.936. The van der Waals surface area contributed by atoms with Crippen molar-refractivity contribution in [2.24, 2.45) is 0 Å². The molecule has 1 aliphatic rings. The first kappa shape index (κ1) is 13.5. The number of carbonyl (C=O) groups is 1. The summed E-state index contributed by atoms with van der Waals surface area (Å²) in [6, 6.07) is 6.77. The summed E-state index contributed by atoms with van der Waals surface area (Å²) in [6.07, 6.45) is 3.85. The molecule has 0 atom stereocenters. The number of hydrogen-bond donors (Lipinski definition) is 2. The second-order valence-electron chi connectivity index (χ2n) is 4.93. The number of anilines is 2. The molecule has 0 radical (unpaired) electrons. The topological polar surface area (TPSA) is 54.0 Å². The van der Waals surface area contributed by atoms with Crippen molar-refractivity contribution in [3.8, 4) is 0 Å². The fourth-order valence-electron chi connectivity index (χ4n) is 1.85. The maximum Gasteiger partial charge on any atom is 0.274 e. The minimum atomic E-state index is -0.824. The Balaban J connectivity index is 1.69. The third kappa shape index (κ3) is 3.34. The second kappa shape index (κ2) is 5.47. The van der Waals surface area contributed by atoms with E-state index in [1.165, 1.54) is 6.07 Å². The summed E-state index contributed by atoms with van der Waals surface area (Å²) >= 11 is 0. The average molecular weight is 289 g/mol. The van der Waals surface area contributed by atoms with E-state index in [0.717, 1.165) is 24.6 Å². The third-order valence-electron chi connectivity index (χ3n) is 3.12. The molecule has 1 saturated carbocycles. The number of hydrogen-bond acceptors (Lipinski definition) is 3. The monoisotopic (exact) mass is 289 g/mol. The number of halogens is 2. The number of aromatic nitrogens is 1. The smallest absolute Gasteiger partial charge is 0.274 e. The summed E-state index contributed by atoms with van der Waals surface area (Å²) in [6.45, 7) is 0. The number of carbonyl (C=O) groups excluding carboxylic acids is 1. The molecule has 1 aromatic carbocycles. The first-order chi connectivity index (χ1) is 10.1. The largest absolute Gasteiger partial charge is 0.381 e. The molecule has 0 aliphatic heterocycles. The van der Waals surface area contributed by atoms with Crippen LogP contribution in [0.5, 0.6) is 0 Å². The number of nitrogens with one attached hydrogen (secondary N) is 2. The standard InChI is InChI=1S/C15H13F2N3O/c16-9-1-5-13(12(17)7-9)20-15(21)14-6-4-11(8-18-14)19-10-2-3-10/h1,4-8,10,19H,2-3H2,(H,20,21). The van der Waals surface area contributed by atoms with E-state index in [0.29, 0.717) is 12.1 Å². The van der Waals surface area contributed by atoms with Crippen LogP contribution < -0.4 is 10.6 Å². The molecule has 108 valence electrons. The van der Waals surface area contributed by atoms with E-state index in [9.17, 15) is 13.6 Å². The molecule has 21 heavy (non-hydrogen) atoms. The van der Waals surface area contributed by atoms with Crippen molar-refractivity contribution in [2.45, 2.75) is 18.9 Å². The highest BCUT2D eigenvalue weighted by molar-refractivity contribution is 6.03. The Kier molecular flexibility index (Phi) is 3.51. The molecule has 3 rings (SSSR count). The van der Waals surface area contributed by atoms with E-state index in [2.05, 4.69) is 15.6 Å². The van der Waals surface area contributed by atoms with Crippen molar-refractivity contribution < 1.29 is 13.6 Å². The average Bonchev–Trinajstić information content (AvgIpc) is 3.26. The van der Waals surface area contributed by atoms with Gasteiger partial charge in [-0.15, -0.1) is 0 Å². The molecular weight excluding hydrogens is 276 g/mol. The van der Waals surface area contributed by atoms with Crippen LogP contribution in [0.15, 0.2) is 36.5 Å². The van der Waals surface area contributed by atoms with Crippen LogP contribution in [0, 0.1) is 11.6 Å². The third-order valence-corrected chi connectivity index (χ3v) is 3.12. The maximum atomic E-state index is 13.5. The zero-order chi connectivity index (χ0) is 14.8. The van der Waals surface area contributed by atoms with Gasteiger partial charge in [0.1, 0.15) is 17.3 Å². The first-order valence-electron chi connectivity index (χ1n) is 6.61. The molecule has 1 heterocycles. The Morgan fingerprint density at radius 2 is 2.00 bits per heavy atom. The van der Waals surface area contributed by atoms with Gasteiger partial charge in [0.15, 0.2) is 0 Å². The molecule has 2 N–H and O–H groups in total. The Bertz CT molecular complexity index is 669. The van der Waals surface area contributed by atoms with E-state index in [1.54, 1.807) is 18.3 Å². The fourth-order valence-corrected chi connectivity index (χ4v) is 1.85. The van der Waals surface area contributed by atoms with Crippen molar-refractivity contribution in [3.05, 3.63) is 53.9 Å². The number of pyridine rings is 1. The van der Waals surface area contributed by atoms with E-state index < -0.39 is 17.5 Å². The molecule has 1 amide bonds. The Labute approximate surface area is 120 Å². The Hall–Kier alpha value is -2.50. The zero-order valence-corrected chi connectivity index (χ0v) is 11.1. The lowest BCUT2D eigenvalue weighted by molar-refractivity contribution is 0.102.